The number of carbonyl (C=O) groups excluding carboxylic acids is 1. The maximum absolute atomic E-state index is 13.2. The average Bonchev–Trinajstić information content (AvgIpc) is 2.67. The van der Waals surface area contributed by atoms with Crippen molar-refractivity contribution in [2.75, 3.05) is 29.6 Å². The zero-order valence-electron chi connectivity index (χ0n) is 15.8. The van der Waals surface area contributed by atoms with Gasteiger partial charge in [-0.05, 0) is 43.7 Å². The topological polar surface area (TPSA) is 78.1 Å². The first kappa shape index (κ1) is 21.2. The number of nitrogens with one attached hydrogen (secondary N) is 2. The van der Waals surface area contributed by atoms with E-state index in [0.29, 0.717) is 30.4 Å². The van der Waals surface area contributed by atoms with Gasteiger partial charge in [-0.25, -0.2) is 4.98 Å². The summed E-state index contributed by atoms with van der Waals surface area (Å²) in [7, 11) is 0. The molecule has 0 saturated carbocycles. The molecule has 0 unspecified atom stereocenters. The lowest BCUT2D eigenvalue weighted by atomic mass is 10.1. The largest absolute Gasteiger partial charge is 0.416 e. The van der Waals surface area contributed by atoms with Gasteiger partial charge in [-0.2, -0.15) is 24.9 Å². The summed E-state index contributed by atoms with van der Waals surface area (Å²) >= 11 is 1.42. The number of hydrogen-bond donors (Lipinski definition) is 2. The molecule has 2 N–H and O–H groups in total. The van der Waals surface area contributed by atoms with E-state index in [-0.39, 0.29) is 11.4 Å². The number of rotatable bonds is 5. The highest BCUT2D eigenvalue weighted by Gasteiger charge is 2.32. The van der Waals surface area contributed by atoms with Crippen LogP contribution >= 0.6 is 11.8 Å². The highest BCUT2D eigenvalue weighted by atomic mass is 32.2. The molecular formula is C19H21F3N4O2S. The van der Waals surface area contributed by atoms with Crippen LogP contribution in [-0.2, 0) is 11.9 Å². The van der Waals surface area contributed by atoms with Gasteiger partial charge in [0.25, 0.3) is 11.5 Å². The van der Waals surface area contributed by atoms with Crippen LogP contribution in [0.2, 0.25) is 0 Å². The number of hydrogen-bond acceptors (Lipinski definition) is 5. The zero-order chi connectivity index (χ0) is 21.0. The second-order valence-electron chi connectivity index (χ2n) is 6.74. The van der Waals surface area contributed by atoms with Crippen LogP contribution in [0.5, 0.6) is 0 Å². The Balaban J connectivity index is 1.95. The predicted octanol–water partition coefficient (Wildman–Crippen LogP) is 3.89. The van der Waals surface area contributed by atoms with Crippen molar-refractivity contribution < 1.29 is 18.0 Å². The molecular weight excluding hydrogens is 405 g/mol. The Labute approximate surface area is 169 Å². The molecule has 1 aliphatic heterocycles. The Hall–Kier alpha value is -2.49. The Morgan fingerprint density at radius 1 is 1.24 bits per heavy atom. The Bertz CT molecular complexity index is 940. The van der Waals surface area contributed by atoms with Crippen molar-refractivity contribution in [3.05, 3.63) is 51.7 Å². The van der Waals surface area contributed by atoms with Crippen molar-refractivity contribution in [3.63, 3.8) is 0 Å². The third-order valence-electron chi connectivity index (χ3n) is 4.57. The van der Waals surface area contributed by atoms with E-state index < -0.39 is 23.2 Å². The monoisotopic (exact) mass is 426 g/mol. The number of H-pyrrole nitrogens is 1. The molecule has 0 radical (unpaired) electrons. The molecule has 0 atom stereocenters. The second kappa shape index (κ2) is 8.89. The number of aromatic nitrogens is 2. The molecule has 1 aliphatic rings. The first-order valence-electron chi connectivity index (χ1n) is 9.14. The Morgan fingerprint density at radius 3 is 2.62 bits per heavy atom. The van der Waals surface area contributed by atoms with Crippen LogP contribution in [0.4, 0.5) is 24.5 Å². The van der Waals surface area contributed by atoms with Crippen molar-refractivity contribution in [2.45, 2.75) is 31.2 Å². The third kappa shape index (κ3) is 5.31. The minimum atomic E-state index is -4.53. The zero-order valence-corrected chi connectivity index (χ0v) is 16.6. The van der Waals surface area contributed by atoms with Gasteiger partial charge in [0.05, 0.1) is 22.7 Å². The van der Waals surface area contributed by atoms with Crippen molar-refractivity contribution in [2.24, 2.45) is 0 Å². The molecule has 6 nitrogen and oxygen atoms in total. The minimum Gasteiger partial charge on any atom is -0.370 e. The smallest absolute Gasteiger partial charge is 0.370 e. The molecule has 1 fully saturated rings. The fourth-order valence-electron chi connectivity index (χ4n) is 3.24. The standard InChI is InChI=1S/C19H21F3N4O2S/c1-29-11-16-23-14(10-17(27)25-16)18(28)24-13-9-12(19(20,21)22)5-6-15(13)26-7-3-2-4-8-26/h5-6,9-10H,2-4,7-8,11H2,1H3,(H,24,28)(H,23,25,27). The minimum absolute atomic E-state index is 0.0558. The highest BCUT2D eigenvalue weighted by molar-refractivity contribution is 7.97. The summed E-state index contributed by atoms with van der Waals surface area (Å²) in [6.45, 7) is 1.41. The lowest BCUT2D eigenvalue weighted by Crippen LogP contribution is -2.31. The predicted molar refractivity (Wildman–Crippen MR) is 108 cm³/mol. The van der Waals surface area contributed by atoms with Gasteiger partial charge in [-0.1, -0.05) is 0 Å². The molecule has 29 heavy (non-hydrogen) atoms. The molecule has 156 valence electrons. The second-order valence-corrected chi connectivity index (χ2v) is 7.61. The van der Waals surface area contributed by atoms with Gasteiger partial charge in [0.15, 0.2) is 0 Å². The number of amides is 1. The normalized spacial score (nSPS) is 14.7. The lowest BCUT2D eigenvalue weighted by molar-refractivity contribution is -0.137. The Kier molecular flexibility index (Phi) is 6.51. The van der Waals surface area contributed by atoms with Crippen LogP contribution in [0.3, 0.4) is 0 Å². The van der Waals surface area contributed by atoms with Gasteiger partial charge in [0.1, 0.15) is 11.5 Å². The SMILES string of the molecule is CSCc1nc(C(=O)Nc2cc(C(F)(F)F)ccc2N2CCCCC2)cc(=O)[nH]1. The Morgan fingerprint density at radius 2 is 1.97 bits per heavy atom. The number of aromatic amines is 1. The molecule has 0 bridgehead atoms. The van der Waals surface area contributed by atoms with E-state index >= 15 is 0 Å². The van der Waals surface area contributed by atoms with Crippen LogP contribution < -0.4 is 15.8 Å². The average molecular weight is 426 g/mol. The summed E-state index contributed by atoms with van der Waals surface area (Å²) < 4.78 is 39.6. The van der Waals surface area contributed by atoms with Crippen LogP contribution in [0, 0.1) is 0 Å². The van der Waals surface area contributed by atoms with E-state index in [1.807, 2.05) is 11.2 Å². The fraction of sp³-hybridized carbons (Fsp3) is 0.421. The van der Waals surface area contributed by atoms with E-state index in [9.17, 15) is 22.8 Å². The molecule has 2 aromatic rings. The van der Waals surface area contributed by atoms with Gasteiger partial charge < -0.3 is 15.2 Å². The summed E-state index contributed by atoms with van der Waals surface area (Å²) in [4.78, 5) is 33.1. The van der Waals surface area contributed by atoms with E-state index in [2.05, 4.69) is 15.3 Å². The maximum atomic E-state index is 13.2. The third-order valence-corrected chi connectivity index (χ3v) is 5.14. The molecule has 0 aliphatic carbocycles. The highest BCUT2D eigenvalue weighted by Crippen LogP contribution is 2.36. The number of anilines is 2. The van der Waals surface area contributed by atoms with Gasteiger partial charge in [-0.15, -0.1) is 0 Å². The summed E-state index contributed by atoms with van der Waals surface area (Å²) in [5, 5.41) is 2.53. The van der Waals surface area contributed by atoms with E-state index in [4.69, 9.17) is 0 Å². The summed E-state index contributed by atoms with van der Waals surface area (Å²) in [5.74, 6) is 0.00496. The molecule has 2 heterocycles. The van der Waals surface area contributed by atoms with Crippen LogP contribution in [0.1, 0.15) is 41.1 Å². The number of benzene rings is 1. The van der Waals surface area contributed by atoms with Crippen molar-refractivity contribution in [1.29, 1.82) is 0 Å². The summed E-state index contributed by atoms with van der Waals surface area (Å²) in [5.41, 5.74) is -0.898. The number of halogens is 3. The van der Waals surface area contributed by atoms with E-state index in [1.165, 1.54) is 17.8 Å². The fourth-order valence-corrected chi connectivity index (χ4v) is 3.65. The number of carbonyl (C=O) groups is 1. The molecule has 3 rings (SSSR count). The summed E-state index contributed by atoms with van der Waals surface area (Å²) in [6.07, 6.45) is 0.214. The maximum Gasteiger partial charge on any atom is 0.416 e. The van der Waals surface area contributed by atoms with Crippen molar-refractivity contribution in [1.82, 2.24) is 9.97 Å². The van der Waals surface area contributed by atoms with Crippen molar-refractivity contribution in [3.8, 4) is 0 Å². The number of thioether (sulfide) groups is 1. The van der Waals surface area contributed by atoms with E-state index in [0.717, 1.165) is 37.5 Å². The van der Waals surface area contributed by atoms with Crippen molar-refractivity contribution >= 4 is 29.0 Å². The number of alkyl halides is 3. The van der Waals surface area contributed by atoms with Gasteiger partial charge in [0.2, 0.25) is 0 Å². The van der Waals surface area contributed by atoms with Gasteiger partial charge in [0, 0.05) is 19.2 Å². The molecule has 1 saturated heterocycles. The van der Waals surface area contributed by atoms with Crippen LogP contribution in [0.15, 0.2) is 29.1 Å². The summed E-state index contributed by atoms with van der Waals surface area (Å²) in [6, 6.07) is 4.36. The quantitative estimate of drug-likeness (QED) is 0.758. The number of nitrogens with zero attached hydrogens (tertiary/aromatic N) is 2. The lowest BCUT2D eigenvalue weighted by Gasteiger charge is -2.31. The van der Waals surface area contributed by atoms with Crippen LogP contribution in [0.25, 0.3) is 0 Å². The molecule has 1 amide bonds. The molecule has 0 spiro atoms. The van der Waals surface area contributed by atoms with E-state index in [1.54, 1.807) is 0 Å². The first-order chi connectivity index (χ1) is 13.8. The molecule has 1 aromatic carbocycles. The molecule has 1 aromatic heterocycles. The van der Waals surface area contributed by atoms with Gasteiger partial charge in [-0.3, -0.25) is 9.59 Å². The molecule has 10 heteroatoms. The number of piperidine rings is 1. The first-order valence-corrected chi connectivity index (χ1v) is 10.5. The van der Waals surface area contributed by atoms with Crippen LogP contribution in [-0.4, -0.2) is 35.2 Å². The van der Waals surface area contributed by atoms with Gasteiger partial charge >= 0.3 is 6.18 Å².